The fourth-order valence-corrected chi connectivity index (χ4v) is 3.49. The van der Waals surface area contributed by atoms with Gasteiger partial charge in [-0.05, 0) is 37.1 Å². The number of aliphatic carboxylic acids is 1. The Morgan fingerprint density at radius 2 is 2.23 bits per heavy atom. The van der Waals surface area contributed by atoms with Gasteiger partial charge in [0.15, 0.2) is 0 Å². The lowest BCUT2D eigenvalue weighted by molar-refractivity contribution is -0.157. The lowest BCUT2D eigenvalue weighted by Crippen LogP contribution is -2.45. The molecule has 0 spiro atoms. The van der Waals surface area contributed by atoms with Gasteiger partial charge in [0, 0.05) is 31.2 Å². The van der Waals surface area contributed by atoms with E-state index in [2.05, 4.69) is 0 Å². The van der Waals surface area contributed by atoms with Crippen LogP contribution in [0.5, 0.6) is 0 Å². The average Bonchev–Trinajstić information content (AvgIpc) is 2.87. The minimum absolute atomic E-state index is 0.187. The zero-order chi connectivity index (χ0) is 15.9. The number of hydrogen-bond donors (Lipinski definition) is 1. The van der Waals surface area contributed by atoms with Crippen LogP contribution < -0.4 is 0 Å². The van der Waals surface area contributed by atoms with Crippen LogP contribution in [0.25, 0.3) is 0 Å². The number of rotatable bonds is 2. The second-order valence-electron chi connectivity index (χ2n) is 6.13. The first-order chi connectivity index (χ1) is 10.4. The van der Waals surface area contributed by atoms with Crippen molar-refractivity contribution < 1.29 is 23.8 Å². The largest absolute Gasteiger partial charge is 0.481 e. The van der Waals surface area contributed by atoms with E-state index in [-0.39, 0.29) is 24.2 Å². The van der Waals surface area contributed by atoms with Crippen molar-refractivity contribution in [2.45, 2.75) is 13.3 Å². The number of ether oxygens (including phenoxy) is 1. The molecule has 2 heterocycles. The predicted octanol–water partition coefficient (Wildman–Crippen LogP) is 1.70. The maximum atomic E-state index is 13.2. The molecule has 2 fully saturated rings. The molecule has 2 aliphatic heterocycles. The molecule has 0 unspecified atom stereocenters. The molecule has 22 heavy (non-hydrogen) atoms. The van der Waals surface area contributed by atoms with Gasteiger partial charge in [0.25, 0.3) is 5.91 Å². The SMILES string of the molecule is Cc1cc(F)ccc1C(=O)N1C[C@H]2COCC[C@@]2(C(=O)O)C1. The van der Waals surface area contributed by atoms with Gasteiger partial charge in [0.2, 0.25) is 0 Å². The van der Waals surface area contributed by atoms with Gasteiger partial charge < -0.3 is 14.7 Å². The van der Waals surface area contributed by atoms with Gasteiger partial charge in [0.05, 0.1) is 12.0 Å². The molecular formula is C16H18FNO4. The summed E-state index contributed by atoms with van der Waals surface area (Å²) in [5.74, 6) is -1.69. The van der Waals surface area contributed by atoms with Gasteiger partial charge in [-0.15, -0.1) is 0 Å². The van der Waals surface area contributed by atoms with Crippen LogP contribution in [0.15, 0.2) is 18.2 Å². The molecular weight excluding hydrogens is 289 g/mol. The summed E-state index contributed by atoms with van der Waals surface area (Å²) in [5, 5.41) is 9.62. The topological polar surface area (TPSA) is 66.8 Å². The molecule has 0 saturated carbocycles. The molecule has 1 amide bonds. The van der Waals surface area contributed by atoms with Crippen LogP contribution in [0.1, 0.15) is 22.3 Å². The minimum atomic E-state index is -0.915. The third kappa shape index (κ3) is 2.27. The number of carbonyl (C=O) groups excluding carboxylic acids is 1. The Hall–Kier alpha value is -1.95. The molecule has 2 aliphatic rings. The number of carboxylic acids is 1. The Morgan fingerprint density at radius 1 is 1.45 bits per heavy atom. The van der Waals surface area contributed by atoms with Crippen LogP contribution in [0.3, 0.4) is 0 Å². The van der Waals surface area contributed by atoms with Gasteiger partial charge in [-0.3, -0.25) is 9.59 Å². The average molecular weight is 307 g/mol. The molecule has 0 aliphatic carbocycles. The number of nitrogens with zero attached hydrogens (tertiary/aromatic N) is 1. The van der Waals surface area contributed by atoms with E-state index in [1.807, 2.05) is 0 Å². The van der Waals surface area contributed by atoms with E-state index < -0.39 is 11.4 Å². The van der Waals surface area contributed by atoms with Crippen molar-refractivity contribution in [2.75, 3.05) is 26.3 Å². The van der Waals surface area contributed by atoms with Crippen LogP contribution in [0, 0.1) is 24.1 Å². The molecule has 3 rings (SSSR count). The summed E-state index contributed by atoms with van der Waals surface area (Å²) in [6.07, 6.45) is 0.416. The van der Waals surface area contributed by atoms with Crippen LogP contribution in [0.4, 0.5) is 4.39 Å². The molecule has 5 nitrogen and oxygen atoms in total. The number of hydrogen-bond acceptors (Lipinski definition) is 3. The molecule has 118 valence electrons. The maximum absolute atomic E-state index is 13.2. The van der Waals surface area contributed by atoms with Gasteiger partial charge in [-0.25, -0.2) is 4.39 Å². The van der Waals surface area contributed by atoms with Crippen molar-refractivity contribution in [3.63, 3.8) is 0 Å². The van der Waals surface area contributed by atoms with Crippen LogP contribution in [-0.2, 0) is 9.53 Å². The molecule has 1 aromatic carbocycles. The van der Waals surface area contributed by atoms with Crippen LogP contribution in [0.2, 0.25) is 0 Å². The van der Waals surface area contributed by atoms with Crippen LogP contribution in [-0.4, -0.2) is 48.2 Å². The zero-order valence-corrected chi connectivity index (χ0v) is 12.3. The Labute approximate surface area is 127 Å². The summed E-state index contributed by atoms with van der Waals surface area (Å²) in [6.45, 7) is 2.99. The smallest absolute Gasteiger partial charge is 0.311 e. The van der Waals surface area contributed by atoms with E-state index in [9.17, 15) is 19.1 Å². The van der Waals surface area contributed by atoms with Crippen molar-refractivity contribution >= 4 is 11.9 Å². The summed E-state index contributed by atoms with van der Waals surface area (Å²) in [6, 6.07) is 4.02. The van der Waals surface area contributed by atoms with E-state index >= 15 is 0 Å². The van der Waals surface area contributed by atoms with Gasteiger partial charge in [0.1, 0.15) is 5.82 Å². The monoisotopic (exact) mass is 307 g/mol. The highest BCUT2D eigenvalue weighted by Crippen LogP contribution is 2.42. The number of carbonyl (C=O) groups is 2. The Balaban J connectivity index is 1.87. The summed E-state index contributed by atoms with van der Waals surface area (Å²) in [4.78, 5) is 26.0. The summed E-state index contributed by atoms with van der Waals surface area (Å²) >= 11 is 0. The van der Waals surface area contributed by atoms with E-state index in [4.69, 9.17) is 4.74 Å². The minimum Gasteiger partial charge on any atom is -0.481 e. The van der Waals surface area contributed by atoms with Crippen molar-refractivity contribution in [1.82, 2.24) is 4.90 Å². The predicted molar refractivity (Wildman–Crippen MR) is 76.0 cm³/mol. The maximum Gasteiger partial charge on any atom is 0.311 e. The first-order valence-corrected chi connectivity index (χ1v) is 7.30. The van der Waals surface area contributed by atoms with E-state index in [1.165, 1.54) is 18.2 Å². The highest BCUT2D eigenvalue weighted by molar-refractivity contribution is 5.96. The molecule has 1 aromatic rings. The fraction of sp³-hybridized carbons (Fsp3) is 0.500. The Bertz CT molecular complexity index is 633. The highest BCUT2D eigenvalue weighted by Gasteiger charge is 2.55. The van der Waals surface area contributed by atoms with Crippen molar-refractivity contribution in [3.8, 4) is 0 Å². The van der Waals surface area contributed by atoms with Gasteiger partial charge in [-0.1, -0.05) is 0 Å². The highest BCUT2D eigenvalue weighted by atomic mass is 19.1. The molecule has 2 atom stereocenters. The molecule has 1 N–H and O–H groups in total. The van der Waals surface area contributed by atoms with Gasteiger partial charge in [-0.2, -0.15) is 0 Å². The van der Waals surface area contributed by atoms with E-state index in [0.29, 0.717) is 37.3 Å². The van der Waals surface area contributed by atoms with Crippen molar-refractivity contribution in [3.05, 3.63) is 35.1 Å². The van der Waals surface area contributed by atoms with Gasteiger partial charge >= 0.3 is 5.97 Å². The quantitative estimate of drug-likeness (QED) is 0.903. The number of benzene rings is 1. The Kier molecular flexibility index (Phi) is 3.64. The standard InChI is InChI=1S/C16H18FNO4/c1-10-6-12(17)2-3-13(10)14(19)18-7-11-8-22-5-4-16(11,9-18)15(20)21/h2-3,6,11H,4-5,7-9H2,1H3,(H,20,21)/t11-,16+/m0/s1. The second-order valence-corrected chi connectivity index (χ2v) is 6.13. The van der Waals surface area contributed by atoms with E-state index in [0.717, 1.165) is 0 Å². The number of carboxylic acid groups (broad SMARTS) is 1. The molecule has 0 bridgehead atoms. The van der Waals surface area contributed by atoms with E-state index in [1.54, 1.807) is 11.8 Å². The summed E-state index contributed by atoms with van der Waals surface area (Å²) < 4.78 is 18.6. The third-order valence-electron chi connectivity index (χ3n) is 4.84. The molecule has 2 saturated heterocycles. The second kappa shape index (κ2) is 5.35. The fourth-order valence-electron chi connectivity index (χ4n) is 3.49. The lowest BCUT2D eigenvalue weighted by atomic mass is 9.74. The van der Waals surface area contributed by atoms with Crippen molar-refractivity contribution in [2.24, 2.45) is 11.3 Å². The first-order valence-electron chi connectivity index (χ1n) is 7.30. The number of fused-ring (bicyclic) bond motifs is 1. The molecule has 0 radical (unpaired) electrons. The number of amides is 1. The first kappa shape index (κ1) is 15.0. The number of halogens is 1. The van der Waals surface area contributed by atoms with Crippen LogP contribution >= 0.6 is 0 Å². The normalized spacial score (nSPS) is 27.5. The summed E-state index contributed by atoms with van der Waals surface area (Å²) in [7, 11) is 0. The number of likely N-dealkylation sites (tertiary alicyclic amines) is 1. The molecule has 6 heteroatoms. The Morgan fingerprint density at radius 3 is 2.86 bits per heavy atom. The molecule has 0 aromatic heterocycles. The lowest BCUT2D eigenvalue weighted by Gasteiger charge is -2.33. The van der Waals surface area contributed by atoms with Crippen molar-refractivity contribution in [1.29, 1.82) is 0 Å². The summed E-state index contributed by atoms with van der Waals surface area (Å²) in [5.41, 5.74) is 0.0592. The third-order valence-corrected chi connectivity index (χ3v) is 4.84. The number of aryl methyl sites for hydroxylation is 1. The zero-order valence-electron chi connectivity index (χ0n) is 12.3.